The Balaban J connectivity index is 2.52. The summed E-state index contributed by atoms with van der Waals surface area (Å²) in [5.41, 5.74) is 0. The van der Waals surface area contributed by atoms with Gasteiger partial charge in [0.15, 0.2) is 0 Å². The van der Waals surface area contributed by atoms with Crippen LogP contribution in [0.15, 0.2) is 0 Å². The summed E-state index contributed by atoms with van der Waals surface area (Å²) >= 11 is 0. The summed E-state index contributed by atoms with van der Waals surface area (Å²) in [4.78, 5) is 25.7. The lowest BCUT2D eigenvalue weighted by atomic mass is 10.2. The van der Waals surface area contributed by atoms with Crippen LogP contribution in [-0.4, -0.2) is 47.9 Å². The van der Waals surface area contributed by atoms with Gasteiger partial charge in [-0.1, -0.05) is 20.8 Å². The highest BCUT2D eigenvalue weighted by Gasteiger charge is 2.36. The molecule has 1 saturated heterocycles. The molecule has 5 heteroatoms. The third-order valence-electron chi connectivity index (χ3n) is 3.17. The standard InChI is InChI=1S/C13H25N3O2/c1-5-7-14-12(17)10(4)16-8-6-11(13(16)18)15-9(2)3/h9-11,15H,5-8H2,1-4H3,(H,14,17). The number of hydrogen-bond donors (Lipinski definition) is 2. The minimum absolute atomic E-state index is 0.0443. The van der Waals surface area contributed by atoms with E-state index in [9.17, 15) is 9.59 Å². The summed E-state index contributed by atoms with van der Waals surface area (Å²) in [7, 11) is 0. The van der Waals surface area contributed by atoms with Crippen molar-refractivity contribution in [3.8, 4) is 0 Å². The van der Waals surface area contributed by atoms with E-state index >= 15 is 0 Å². The van der Waals surface area contributed by atoms with Gasteiger partial charge in [-0.3, -0.25) is 9.59 Å². The topological polar surface area (TPSA) is 61.4 Å². The number of carbonyl (C=O) groups is 2. The summed E-state index contributed by atoms with van der Waals surface area (Å²) in [6, 6.07) is -0.224. The molecule has 0 saturated carbocycles. The average Bonchev–Trinajstić information content (AvgIpc) is 2.66. The molecule has 1 rings (SSSR count). The van der Waals surface area contributed by atoms with E-state index in [1.54, 1.807) is 11.8 Å². The molecule has 0 radical (unpaired) electrons. The number of hydrogen-bond acceptors (Lipinski definition) is 3. The van der Waals surface area contributed by atoms with Crippen LogP contribution in [-0.2, 0) is 9.59 Å². The average molecular weight is 255 g/mol. The van der Waals surface area contributed by atoms with E-state index in [0.29, 0.717) is 13.1 Å². The second-order valence-corrected chi connectivity index (χ2v) is 5.16. The lowest BCUT2D eigenvalue weighted by Gasteiger charge is -2.24. The molecule has 2 atom stereocenters. The lowest BCUT2D eigenvalue weighted by Crippen LogP contribution is -2.49. The molecule has 0 aromatic rings. The van der Waals surface area contributed by atoms with Crippen molar-refractivity contribution in [2.45, 2.75) is 58.7 Å². The number of likely N-dealkylation sites (tertiary alicyclic amines) is 1. The summed E-state index contributed by atoms with van der Waals surface area (Å²) in [5.74, 6) is -0.0155. The summed E-state index contributed by atoms with van der Waals surface area (Å²) < 4.78 is 0. The van der Waals surface area contributed by atoms with Gasteiger partial charge in [0.25, 0.3) is 0 Å². The maximum absolute atomic E-state index is 12.1. The fourth-order valence-electron chi connectivity index (χ4n) is 2.18. The van der Waals surface area contributed by atoms with Crippen LogP contribution >= 0.6 is 0 Å². The molecule has 0 aromatic carbocycles. The molecule has 2 N–H and O–H groups in total. The number of nitrogens with one attached hydrogen (secondary N) is 2. The Morgan fingerprint density at radius 1 is 1.44 bits per heavy atom. The minimum atomic E-state index is -0.372. The van der Waals surface area contributed by atoms with Gasteiger partial charge in [0.2, 0.25) is 11.8 Å². The van der Waals surface area contributed by atoms with Crippen LogP contribution in [0, 0.1) is 0 Å². The van der Waals surface area contributed by atoms with Crippen molar-refractivity contribution in [2.75, 3.05) is 13.1 Å². The normalized spacial score (nSPS) is 21.5. The zero-order valence-corrected chi connectivity index (χ0v) is 11.8. The second kappa shape index (κ2) is 6.73. The van der Waals surface area contributed by atoms with Crippen molar-refractivity contribution in [2.24, 2.45) is 0 Å². The van der Waals surface area contributed by atoms with E-state index in [1.807, 2.05) is 20.8 Å². The SMILES string of the molecule is CCCNC(=O)C(C)N1CCC(NC(C)C)C1=O. The predicted molar refractivity (Wildman–Crippen MR) is 71.2 cm³/mol. The summed E-state index contributed by atoms with van der Waals surface area (Å²) in [6.45, 7) is 9.17. The molecule has 5 nitrogen and oxygen atoms in total. The van der Waals surface area contributed by atoms with Crippen molar-refractivity contribution < 1.29 is 9.59 Å². The van der Waals surface area contributed by atoms with Gasteiger partial charge < -0.3 is 15.5 Å². The predicted octanol–water partition coefficient (Wildman–Crippen LogP) is 0.500. The minimum Gasteiger partial charge on any atom is -0.354 e. The molecule has 1 aliphatic heterocycles. The monoisotopic (exact) mass is 255 g/mol. The van der Waals surface area contributed by atoms with E-state index < -0.39 is 0 Å². The molecule has 2 amide bonds. The maximum atomic E-state index is 12.1. The van der Waals surface area contributed by atoms with Gasteiger partial charge in [0, 0.05) is 19.1 Å². The Bertz CT molecular complexity index is 305. The van der Waals surface area contributed by atoms with Crippen molar-refractivity contribution >= 4 is 11.8 Å². The molecule has 0 bridgehead atoms. The summed E-state index contributed by atoms with van der Waals surface area (Å²) in [5, 5.41) is 6.07. The van der Waals surface area contributed by atoms with Gasteiger partial charge >= 0.3 is 0 Å². The first-order chi connectivity index (χ1) is 8.47. The molecular formula is C13H25N3O2. The van der Waals surface area contributed by atoms with Crippen LogP contribution < -0.4 is 10.6 Å². The molecule has 0 aromatic heterocycles. The largest absolute Gasteiger partial charge is 0.354 e. The maximum Gasteiger partial charge on any atom is 0.242 e. The zero-order chi connectivity index (χ0) is 13.7. The Morgan fingerprint density at radius 3 is 2.67 bits per heavy atom. The van der Waals surface area contributed by atoms with E-state index in [2.05, 4.69) is 10.6 Å². The molecule has 0 spiro atoms. The van der Waals surface area contributed by atoms with Gasteiger partial charge in [-0.25, -0.2) is 0 Å². The molecule has 18 heavy (non-hydrogen) atoms. The third kappa shape index (κ3) is 3.70. The molecular weight excluding hydrogens is 230 g/mol. The van der Waals surface area contributed by atoms with Crippen LogP contribution in [0.25, 0.3) is 0 Å². The number of amides is 2. The van der Waals surface area contributed by atoms with E-state index in [1.165, 1.54) is 0 Å². The Morgan fingerprint density at radius 2 is 2.11 bits per heavy atom. The van der Waals surface area contributed by atoms with Crippen molar-refractivity contribution in [1.82, 2.24) is 15.5 Å². The van der Waals surface area contributed by atoms with Crippen molar-refractivity contribution in [3.63, 3.8) is 0 Å². The Kier molecular flexibility index (Phi) is 5.59. The zero-order valence-electron chi connectivity index (χ0n) is 11.8. The second-order valence-electron chi connectivity index (χ2n) is 5.16. The van der Waals surface area contributed by atoms with Crippen LogP contribution in [0.2, 0.25) is 0 Å². The highest BCUT2D eigenvalue weighted by Crippen LogP contribution is 2.15. The highest BCUT2D eigenvalue weighted by atomic mass is 16.2. The molecule has 2 unspecified atom stereocenters. The first-order valence-corrected chi connectivity index (χ1v) is 6.81. The molecule has 1 aliphatic rings. The van der Waals surface area contributed by atoms with Gasteiger partial charge in [0.05, 0.1) is 6.04 Å². The third-order valence-corrected chi connectivity index (χ3v) is 3.17. The number of carbonyl (C=O) groups excluding carboxylic acids is 2. The van der Waals surface area contributed by atoms with Crippen LogP contribution in [0.3, 0.4) is 0 Å². The highest BCUT2D eigenvalue weighted by molar-refractivity contribution is 5.90. The molecule has 104 valence electrons. The molecule has 0 aliphatic carbocycles. The number of rotatable bonds is 6. The summed E-state index contributed by atoms with van der Waals surface area (Å²) in [6.07, 6.45) is 1.69. The quantitative estimate of drug-likeness (QED) is 0.726. The fraction of sp³-hybridized carbons (Fsp3) is 0.846. The van der Waals surface area contributed by atoms with E-state index in [4.69, 9.17) is 0 Å². The number of nitrogens with zero attached hydrogens (tertiary/aromatic N) is 1. The lowest BCUT2D eigenvalue weighted by molar-refractivity contribution is -0.137. The Labute approximate surface area is 109 Å². The molecule has 1 fully saturated rings. The fourth-order valence-corrected chi connectivity index (χ4v) is 2.18. The van der Waals surface area contributed by atoms with Gasteiger partial charge in [0.1, 0.15) is 6.04 Å². The van der Waals surface area contributed by atoms with Crippen LogP contribution in [0.5, 0.6) is 0 Å². The van der Waals surface area contributed by atoms with Crippen LogP contribution in [0.1, 0.15) is 40.5 Å². The van der Waals surface area contributed by atoms with Gasteiger partial charge in [-0.05, 0) is 19.8 Å². The molecule has 1 heterocycles. The van der Waals surface area contributed by atoms with Gasteiger partial charge in [-0.2, -0.15) is 0 Å². The van der Waals surface area contributed by atoms with E-state index in [0.717, 1.165) is 12.8 Å². The Hall–Kier alpha value is -1.10. The van der Waals surface area contributed by atoms with E-state index in [-0.39, 0.29) is 29.9 Å². The van der Waals surface area contributed by atoms with Crippen molar-refractivity contribution in [3.05, 3.63) is 0 Å². The first kappa shape index (κ1) is 15.0. The van der Waals surface area contributed by atoms with Crippen molar-refractivity contribution in [1.29, 1.82) is 0 Å². The van der Waals surface area contributed by atoms with Crippen LogP contribution in [0.4, 0.5) is 0 Å². The van der Waals surface area contributed by atoms with Gasteiger partial charge in [-0.15, -0.1) is 0 Å². The first-order valence-electron chi connectivity index (χ1n) is 6.81. The smallest absolute Gasteiger partial charge is 0.242 e.